The van der Waals surface area contributed by atoms with Crippen molar-refractivity contribution < 1.29 is 9.90 Å². The highest BCUT2D eigenvalue weighted by molar-refractivity contribution is 7.99. The van der Waals surface area contributed by atoms with Crippen molar-refractivity contribution in [3.63, 3.8) is 0 Å². The summed E-state index contributed by atoms with van der Waals surface area (Å²) < 4.78 is 0. The second-order valence-corrected chi connectivity index (χ2v) is 5.01. The molecule has 0 aliphatic heterocycles. The van der Waals surface area contributed by atoms with E-state index in [-0.39, 0.29) is 17.4 Å². The van der Waals surface area contributed by atoms with Crippen LogP contribution in [0.5, 0.6) is 5.75 Å². The van der Waals surface area contributed by atoms with Gasteiger partial charge in [-0.15, -0.1) is 0 Å². The third-order valence-corrected chi connectivity index (χ3v) is 3.39. The average molecular weight is 302 g/mol. The van der Waals surface area contributed by atoms with Crippen molar-refractivity contribution >= 4 is 23.4 Å². The van der Waals surface area contributed by atoms with E-state index in [2.05, 4.69) is 20.5 Å². The first-order valence-electron chi connectivity index (χ1n) is 6.18. The molecule has 2 N–H and O–H groups in total. The zero-order valence-corrected chi connectivity index (χ0v) is 12.2. The summed E-state index contributed by atoms with van der Waals surface area (Å²) in [5.41, 5.74) is 3.55. The Morgan fingerprint density at radius 2 is 2.00 bits per heavy atom. The van der Waals surface area contributed by atoms with Crippen LogP contribution in [0.1, 0.15) is 12.5 Å². The number of phenols is 1. The van der Waals surface area contributed by atoms with E-state index in [0.717, 1.165) is 0 Å². The van der Waals surface area contributed by atoms with Crippen LogP contribution in [0, 0.1) is 0 Å². The first-order chi connectivity index (χ1) is 10.2. The third kappa shape index (κ3) is 4.57. The van der Waals surface area contributed by atoms with Gasteiger partial charge in [0.25, 0.3) is 5.91 Å². The number of carbonyl (C=O) groups is 1. The molecule has 0 saturated carbocycles. The van der Waals surface area contributed by atoms with Crippen molar-refractivity contribution in [3.8, 4) is 5.75 Å². The highest BCUT2D eigenvalue weighted by atomic mass is 32.2. The van der Waals surface area contributed by atoms with Crippen molar-refractivity contribution in [2.24, 2.45) is 5.10 Å². The number of amides is 1. The molecular formula is C14H14N4O2S. The molecule has 0 atom stereocenters. The minimum atomic E-state index is -0.262. The van der Waals surface area contributed by atoms with Gasteiger partial charge in [0.15, 0.2) is 5.16 Å². The molecular weight excluding hydrogens is 288 g/mol. The lowest BCUT2D eigenvalue weighted by Crippen LogP contribution is -2.21. The Kier molecular flexibility index (Phi) is 5.28. The number of aromatic nitrogens is 2. The number of nitrogens with zero attached hydrogens (tertiary/aromatic N) is 3. The van der Waals surface area contributed by atoms with Crippen molar-refractivity contribution in [3.05, 3.63) is 48.3 Å². The number of para-hydroxylation sites is 1. The Bertz CT molecular complexity index is 646. The summed E-state index contributed by atoms with van der Waals surface area (Å²) >= 11 is 1.23. The van der Waals surface area contributed by atoms with E-state index >= 15 is 0 Å². The molecule has 108 valence electrons. The predicted molar refractivity (Wildman–Crippen MR) is 81.2 cm³/mol. The van der Waals surface area contributed by atoms with Crippen LogP contribution in [0.15, 0.2) is 53.0 Å². The van der Waals surface area contributed by atoms with Gasteiger partial charge in [-0.05, 0) is 25.1 Å². The monoisotopic (exact) mass is 302 g/mol. The number of hydrogen-bond donors (Lipinski definition) is 2. The smallest absolute Gasteiger partial charge is 0.250 e. The maximum absolute atomic E-state index is 11.7. The Hall–Kier alpha value is -2.41. The molecule has 6 nitrogen and oxygen atoms in total. The first kappa shape index (κ1) is 15.0. The molecule has 0 fully saturated rings. The fourth-order valence-corrected chi connectivity index (χ4v) is 2.10. The molecule has 1 aromatic heterocycles. The van der Waals surface area contributed by atoms with E-state index in [1.807, 2.05) is 0 Å². The van der Waals surface area contributed by atoms with Gasteiger partial charge in [-0.25, -0.2) is 15.4 Å². The van der Waals surface area contributed by atoms with Gasteiger partial charge < -0.3 is 5.11 Å². The van der Waals surface area contributed by atoms with Crippen LogP contribution in [-0.2, 0) is 4.79 Å². The van der Waals surface area contributed by atoms with Gasteiger partial charge in [0.05, 0.1) is 11.5 Å². The largest absolute Gasteiger partial charge is 0.507 e. The van der Waals surface area contributed by atoms with Crippen LogP contribution in [0.4, 0.5) is 0 Å². The van der Waals surface area contributed by atoms with Gasteiger partial charge >= 0.3 is 0 Å². The molecule has 0 unspecified atom stereocenters. The number of hydrogen-bond acceptors (Lipinski definition) is 6. The van der Waals surface area contributed by atoms with E-state index in [9.17, 15) is 9.90 Å². The number of hydrazone groups is 1. The fraction of sp³-hybridized carbons (Fsp3) is 0.143. The molecule has 0 radical (unpaired) electrons. The lowest BCUT2D eigenvalue weighted by molar-refractivity contribution is -0.118. The number of aromatic hydroxyl groups is 1. The summed E-state index contributed by atoms with van der Waals surface area (Å²) in [4.78, 5) is 19.7. The van der Waals surface area contributed by atoms with Gasteiger partial charge in [0, 0.05) is 18.0 Å². The van der Waals surface area contributed by atoms with Gasteiger partial charge in [-0.3, -0.25) is 4.79 Å². The molecule has 0 aliphatic rings. The average Bonchev–Trinajstić information content (AvgIpc) is 2.52. The lowest BCUT2D eigenvalue weighted by atomic mass is 10.1. The Labute approximate surface area is 126 Å². The van der Waals surface area contributed by atoms with Gasteiger partial charge in [-0.2, -0.15) is 5.10 Å². The molecule has 0 saturated heterocycles. The van der Waals surface area contributed by atoms with Crippen LogP contribution in [0.2, 0.25) is 0 Å². The van der Waals surface area contributed by atoms with Gasteiger partial charge in [-0.1, -0.05) is 23.9 Å². The molecule has 21 heavy (non-hydrogen) atoms. The molecule has 2 aromatic rings. The van der Waals surface area contributed by atoms with Crippen LogP contribution in [0.25, 0.3) is 0 Å². The molecule has 0 spiro atoms. The fourth-order valence-electron chi connectivity index (χ4n) is 1.51. The SMILES string of the molecule is C/C(=N\NC(=O)CSc1ncccn1)c1ccccc1O. The standard InChI is InChI=1S/C14H14N4O2S/c1-10(11-5-2-3-6-12(11)19)17-18-13(20)9-21-14-15-7-4-8-16-14/h2-8,19H,9H2,1H3,(H,18,20)/b17-10+. The summed E-state index contributed by atoms with van der Waals surface area (Å²) in [6, 6.07) is 8.52. The highest BCUT2D eigenvalue weighted by Gasteiger charge is 2.06. The van der Waals surface area contributed by atoms with Gasteiger partial charge in [0.1, 0.15) is 5.75 Å². The molecule has 0 aliphatic carbocycles. The summed E-state index contributed by atoms with van der Waals surface area (Å²) in [6.45, 7) is 1.71. The minimum Gasteiger partial charge on any atom is -0.507 e. The Balaban J connectivity index is 1.88. The molecule has 1 amide bonds. The second kappa shape index (κ2) is 7.39. The predicted octanol–water partition coefficient (Wildman–Crippen LogP) is 1.81. The van der Waals surface area contributed by atoms with Crippen LogP contribution >= 0.6 is 11.8 Å². The lowest BCUT2D eigenvalue weighted by Gasteiger charge is -2.04. The van der Waals surface area contributed by atoms with Crippen LogP contribution in [0.3, 0.4) is 0 Å². The normalized spacial score (nSPS) is 11.2. The summed E-state index contributed by atoms with van der Waals surface area (Å²) in [5, 5.41) is 14.2. The molecule has 1 aromatic carbocycles. The molecule has 2 rings (SSSR count). The quantitative estimate of drug-likeness (QED) is 0.381. The summed E-state index contributed by atoms with van der Waals surface area (Å²) in [7, 11) is 0. The van der Waals surface area contributed by atoms with Crippen molar-refractivity contribution in [1.82, 2.24) is 15.4 Å². The second-order valence-electron chi connectivity index (χ2n) is 4.07. The number of thioether (sulfide) groups is 1. The molecule has 7 heteroatoms. The van der Waals surface area contributed by atoms with Gasteiger partial charge in [0.2, 0.25) is 0 Å². The topological polar surface area (TPSA) is 87.5 Å². The van der Waals surface area contributed by atoms with E-state index < -0.39 is 0 Å². The first-order valence-corrected chi connectivity index (χ1v) is 7.16. The zero-order chi connectivity index (χ0) is 15.1. The Morgan fingerprint density at radius 3 is 2.71 bits per heavy atom. The highest BCUT2D eigenvalue weighted by Crippen LogP contribution is 2.16. The number of benzene rings is 1. The van der Waals surface area contributed by atoms with Crippen LogP contribution in [-0.4, -0.2) is 32.4 Å². The number of nitrogens with one attached hydrogen (secondary N) is 1. The van der Waals surface area contributed by atoms with E-state index in [0.29, 0.717) is 16.4 Å². The van der Waals surface area contributed by atoms with Crippen molar-refractivity contribution in [2.45, 2.75) is 12.1 Å². The maximum atomic E-state index is 11.7. The van der Waals surface area contributed by atoms with Crippen molar-refractivity contribution in [2.75, 3.05) is 5.75 Å². The van der Waals surface area contributed by atoms with E-state index in [1.165, 1.54) is 11.8 Å². The number of carbonyl (C=O) groups excluding carboxylic acids is 1. The van der Waals surface area contributed by atoms with Crippen molar-refractivity contribution in [1.29, 1.82) is 0 Å². The number of rotatable bonds is 5. The molecule has 0 bridgehead atoms. The number of phenolic OH excluding ortho intramolecular Hbond substituents is 1. The summed E-state index contributed by atoms with van der Waals surface area (Å²) in [6.07, 6.45) is 3.24. The maximum Gasteiger partial charge on any atom is 0.250 e. The Morgan fingerprint density at radius 1 is 1.29 bits per heavy atom. The third-order valence-electron chi connectivity index (χ3n) is 2.52. The molecule has 1 heterocycles. The van der Waals surface area contributed by atoms with Crippen LogP contribution < -0.4 is 5.43 Å². The van der Waals surface area contributed by atoms with E-state index in [1.54, 1.807) is 49.6 Å². The zero-order valence-electron chi connectivity index (χ0n) is 11.4. The summed E-state index contributed by atoms with van der Waals surface area (Å²) in [5.74, 6) is 0.0314. The minimum absolute atomic E-state index is 0.125. The van der Waals surface area contributed by atoms with E-state index in [4.69, 9.17) is 0 Å².